The number of carbonyl (C=O) groups is 1. The monoisotopic (exact) mass is 422 g/mol. The van der Waals surface area contributed by atoms with E-state index >= 15 is 0 Å². The van der Waals surface area contributed by atoms with E-state index in [1.807, 2.05) is 12.1 Å². The molecular weight excluding hydrogens is 412 g/mol. The Bertz CT molecular complexity index is 841. The summed E-state index contributed by atoms with van der Waals surface area (Å²) in [6, 6.07) is 11.1. The fraction of sp³-hybridized carbons (Fsp3) is 0.0625. The van der Waals surface area contributed by atoms with Crippen molar-refractivity contribution in [2.24, 2.45) is 0 Å². The number of H-pyrrole nitrogens is 1. The van der Waals surface area contributed by atoms with E-state index in [9.17, 15) is 4.79 Å². The molecule has 0 aliphatic rings. The number of methoxy groups -OCH3 is 1. The molecule has 0 spiro atoms. The molecule has 0 radical (unpaired) electrons. The van der Waals surface area contributed by atoms with E-state index in [0.717, 1.165) is 31.3 Å². The Morgan fingerprint density at radius 1 is 1.14 bits per heavy atom. The van der Waals surface area contributed by atoms with Crippen LogP contribution in [-0.2, 0) is 0 Å². The Labute approximate surface area is 144 Å². The lowest BCUT2D eigenvalue weighted by molar-refractivity contribution is 0.102. The first-order chi connectivity index (χ1) is 10.6. The second-order valence-corrected chi connectivity index (χ2v) is 6.41. The summed E-state index contributed by atoms with van der Waals surface area (Å²) >= 11 is 6.91. The molecule has 0 saturated heterocycles. The molecule has 2 aromatic carbocycles. The standard InChI is InChI=1S/C16H12Br2N2O2/c1-22-10-4-2-9(3-5-10)20-16(21)12-8-19-15-7-14(18)13(17)6-11(12)15/h2-8,19H,1H3,(H,20,21). The van der Waals surface area contributed by atoms with E-state index in [-0.39, 0.29) is 5.91 Å². The smallest absolute Gasteiger partial charge is 0.257 e. The third-order valence-corrected chi connectivity index (χ3v) is 5.16. The molecule has 0 aliphatic carbocycles. The number of nitrogens with one attached hydrogen (secondary N) is 2. The highest BCUT2D eigenvalue weighted by Gasteiger charge is 2.13. The number of anilines is 1. The Morgan fingerprint density at radius 3 is 2.50 bits per heavy atom. The van der Waals surface area contributed by atoms with Gasteiger partial charge in [0, 0.05) is 31.7 Å². The fourth-order valence-electron chi connectivity index (χ4n) is 2.18. The number of aromatic amines is 1. The van der Waals surface area contributed by atoms with Crippen molar-refractivity contribution in [1.29, 1.82) is 0 Å². The van der Waals surface area contributed by atoms with Gasteiger partial charge in [0.2, 0.25) is 0 Å². The van der Waals surface area contributed by atoms with Gasteiger partial charge in [0.1, 0.15) is 5.75 Å². The largest absolute Gasteiger partial charge is 0.497 e. The molecular formula is C16H12Br2N2O2. The van der Waals surface area contributed by atoms with Crippen LogP contribution in [0.4, 0.5) is 5.69 Å². The van der Waals surface area contributed by atoms with E-state index in [1.165, 1.54) is 0 Å². The molecule has 112 valence electrons. The lowest BCUT2D eigenvalue weighted by atomic mass is 10.1. The third kappa shape index (κ3) is 2.89. The molecule has 1 heterocycles. The minimum Gasteiger partial charge on any atom is -0.497 e. The van der Waals surface area contributed by atoms with E-state index in [1.54, 1.807) is 37.6 Å². The maximum absolute atomic E-state index is 12.5. The van der Waals surface area contributed by atoms with Crippen molar-refractivity contribution in [3.63, 3.8) is 0 Å². The number of rotatable bonds is 3. The zero-order valence-corrected chi connectivity index (χ0v) is 14.8. The summed E-state index contributed by atoms with van der Waals surface area (Å²) in [4.78, 5) is 15.6. The van der Waals surface area contributed by atoms with Crippen LogP contribution < -0.4 is 10.1 Å². The molecule has 1 aromatic heterocycles. The summed E-state index contributed by atoms with van der Waals surface area (Å²) in [7, 11) is 1.61. The van der Waals surface area contributed by atoms with Gasteiger partial charge in [-0.1, -0.05) is 0 Å². The maximum Gasteiger partial charge on any atom is 0.257 e. The molecule has 22 heavy (non-hydrogen) atoms. The molecule has 0 unspecified atom stereocenters. The van der Waals surface area contributed by atoms with E-state index < -0.39 is 0 Å². The maximum atomic E-state index is 12.5. The van der Waals surface area contributed by atoms with Crippen molar-refractivity contribution in [3.05, 3.63) is 57.1 Å². The molecule has 3 rings (SSSR count). The first kappa shape index (κ1) is 15.1. The number of benzene rings is 2. The number of ether oxygens (including phenoxy) is 1. The van der Waals surface area contributed by atoms with Crippen LogP contribution in [-0.4, -0.2) is 18.0 Å². The van der Waals surface area contributed by atoms with Crippen molar-refractivity contribution in [3.8, 4) is 5.75 Å². The van der Waals surface area contributed by atoms with Gasteiger partial charge < -0.3 is 15.0 Å². The minimum atomic E-state index is -0.161. The van der Waals surface area contributed by atoms with Gasteiger partial charge in [-0.3, -0.25) is 4.79 Å². The van der Waals surface area contributed by atoms with Crippen molar-refractivity contribution in [2.75, 3.05) is 12.4 Å². The lowest BCUT2D eigenvalue weighted by Gasteiger charge is -2.06. The molecule has 4 nitrogen and oxygen atoms in total. The molecule has 3 aromatic rings. The minimum absolute atomic E-state index is 0.161. The van der Waals surface area contributed by atoms with Crippen LogP contribution in [0.1, 0.15) is 10.4 Å². The molecule has 6 heteroatoms. The summed E-state index contributed by atoms with van der Waals surface area (Å²) in [6.45, 7) is 0. The summed E-state index contributed by atoms with van der Waals surface area (Å²) in [5, 5.41) is 3.74. The number of hydrogen-bond acceptors (Lipinski definition) is 2. The van der Waals surface area contributed by atoms with Crippen LogP contribution in [0.5, 0.6) is 5.75 Å². The highest BCUT2D eigenvalue weighted by atomic mass is 79.9. The van der Waals surface area contributed by atoms with Gasteiger partial charge in [-0.25, -0.2) is 0 Å². The highest BCUT2D eigenvalue weighted by molar-refractivity contribution is 9.13. The second kappa shape index (κ2) is 6.14. The molecule has 0 bridgehead atoms. The Hall–Kier alpha value is -1.79. The van der Waals surface area contributed by atoms with Gasteiger partial charge in [0.25, 0.3) is 5.91 Å². The third-order valence-electron chi connectivity index (χ3n) is 3.32. The first-order valence-electron chi connectivity index (χ1n) is 6.50. The molecule has 1 amide bonds. The summed E-state index contributed by atoms with van der Waals surface area (Å²) in [6.07, 6.45) is 1.71. The number of halogens is 2. The van der Waals surface area contributed by atoms with Crippen LogP contribution in [0.3, 0.4) is 0 Å². The fourth-order valence-corrected chi connectivity index (χ4v) is 2.86. The van der Waals surface area contributed by atoms with Gasteiger partial charge in [0.05, 0.1) is 12.7 Å². The van der Waals surface area contributed by atoms with Gasteiger partial charge in [-0.05, 0) is 68.3 Å². The number of amides is 1. The number of aromatic nitrogens is 1. The summed E-state index contributed by atoms with van der Waals surface area (Å²) < 4.78 is 6.94. The Balaban J connectivity index is 1.90. The van der Waals surface area contributed by atoms with E-state index in [2.05, 4.69) is 42.2 Å². The van der Waals surface area contributed by atoms with Crippen LogP contribution in [0.2, 0.25) is 0 Å². The Kier molecular flexibility index (Phi) is 4.22. The summed E-state index contributed by atoms with van der Waals surface area (Å²) in [5.41, 5.74) is 2.21. The SMILES string of the molecule is COc1ccc(NC(=O)c2c[nH]c3cc(Br)c(Br)cc23)cc1. The normalized spacial score (nSPS) is 10.7. The number of carbonyl (C=O) groups excluding carboxylic acids is 1. The molecule has 0 aliphatic heterocycles. The molecule has 0 saturated carbocycles. The predicted octanol–water partition coefficient (Wildman–Crippen LogP) is 4.95. The van der Waals surface area contributed by atoms with Crippen LogP contribution in [0.15, 0.2) is 51.5 Å². The zero-order valence-electron chi connectivity index (χ0n) is 11.6. The summed E-state index contributed by atoms with van der Waals surface area (Å²) in [5.74, 6) is 0.588. The first-order valence-corrected chi connectivity index (χ1v) is 8.08. The van der Waals surface area contributed by atoms with Crippen LogP contribution >= 0.6 is 31.9 Å². The number of fused-ring (bicyclic) bond motifs is 1. The Morgan fingerprint density at radius 2 is 1.82 bits per heavy atom. The van der Waals surface area contributed by atoms with Crippen molar-refractivity contribution in [1.82, 2.24) is 4.98 Å². The van der Waals surface area contributed by atoms with Gasteiger partial charge in [0.15, 0.2) is 0 Å². The van der Waals surface area contributed by atoms with Gasteiger partial charge >= 0.3 is 0 Å². The highest BCUT2D eigenvalue weighted by Crippen LogP contribution is 2.30. The average molecular weight is 424 g/mol. The van der Waals surface area contributed by atoms with Gasteiger partial charge in [-0.15, -0.1) is 0 Å². The van der Waals surface area contributed by atoms with Crippen molar-refractivity contribution < 1.29 is 9.53 Å². The topological polar surface area (TPSA) is 54.1 Å². The van der Waals surface area contributed by atoms with E-state index in [0.29, 0.717) is 5.56 Å². The van der Waals surface area contributed by atoms with Crippen LogP contribution in [0.25, 0.3) is 10.9 Å². The lowest BCUT2D eigenvalue weighted by Crippen LogP contribution is -2.11. The van der Waals surface area contributed by atoms with Crippen molar-refractivity contribution >= 4 is 54.4 Å². The predicted molar refractivity (Wildman–Crippen MR) is 94.6 cm³/mol. The molecule has 0 atom stereocenters. The average Bonchev–Trinajstić information content (AvgIpc) is 2.91. The van der Waals surface area contributed by atoms with Crippen molar-refractivity contribution in [2.45, 2.75) is 0 Å². The van der Waals surface area contributed by atoms with Crippen LogP contribution in [0, 0.1) is 0 Å². The van der Waals surface area contributed by atoms with E-state index in [4.69, 9.17) is 4.74 Å². The second-order valence-electron chi connectivity index (χ2n) is 4.70. The molecule has 0 fully saturated rings. The molecule has 2 N–H and O–H groups in total. The zero-order chi connectivity index (χ0) is 15.7. The number of hydrogen-bond donors (Lipinski definition) is 2. The van der Waals surface area contributed by atoms with Gasteiger partial charge in [-0.2, -0.15) is 0 Å². The quantitative estimate of drug-likeness (QED) is 0.625.